The summed E-state index contributed by atoms with van der Waals surface area (Å²) in [6.45, 7) is 0. The van der Waals surface area contributed by atoms with E-state index >= 15 is 0 Å². The fraction of sp³-hybridized carbons (Fsp3) is 0.0625. The summed E-state index contributed by atoms with van der Waals surface area (Å²) >= 11 is 1.69. The smallest absolute Gasteiger partial charge is 0.131 e. The van der Waals surface area contributed by atoms with E-state index in [1.54, 1.807) is 28.4 Å². The standard InChI is InChI=1S/C16H13N5S/c1-21-9-11(7-18-21)13-10-22-14-4-5-15(20-16(13)14)19-12-3-2-6-17-8-12/h2-10H,1H3,(H,19,20). The molecule has 0 aliphatic heterocycles. The van der Waals surface area contributed by atoms with Gasteiger partial charge in [-0.15, -0.1) is 11.3 Å². The SMILES string of the molecule is Cn1cc(-c2csc3ccc(Nc4cccnc4)nc23)cn1. The topological polar surface area (TPSA) is 55.6 Å². The Labute approximate surface area is 131 Å². The molecule has 0 bridgehead atoms. The highest BCUT2D eigenvalue weighted by Crippen LogP contribution is 2.33. The molecule has 4 rings (SSSR count). The molecule has 0 amide bonds. The molecule has 0 spiro atoms. The molecule has 0 saturated carbocycles. The zero-order chi connectivity index (χ0) is 14.9. The molecule has 0 aliphatic rings. The van der Waals surface area contributed by atoms with E-state index in [0.717, 1.165) is 32.8 Å². The average molecular weight is 307 g/mol. The van der Waals surface area contributed by atoms with E-state index in [0.29, 0.717) is 0 Å². The first-order valence-corrected chi connectivity index (χ1v) is 7.72. The van der Waals surface area contributed by atoms with Crippen LogP contribution in [0.3, 0.4) is 0 Å². The number of hydrogen-bond acceptors (Lipinski definition) is 5. The minimum atomic E-state index is 0.809. The molecule has 4 heterocycles. The maximum Gasteiger partial charge on any atom is 0.131 e. The van der Waals surface area contributed by atoms with Crippen LogP contribution in [0.25, 0.3) is 21.3 Å². The highest BCUT2D eigenvalue weighted by atomic mass is 32.1. The highest BCUT2D eigenvalue weighted by molar-refractivity contribution is 7.17. The van der Waals surface area contributed by atoms with Gasteiger partial charge in [0.25, 0.3) is 0 Å². The van der Waals surface area contributed by atoms with E-state index in [1.165, 1.54) is 0 Å². The predicted molar refractivity (Wildman–Crippen MR) is 89.3 cm³/mol. The third-order valence-electron chi connectivity index (χ3n) is 3.37. The Hall–Kier alpha value is -2.73. The Balaban J connectivity index is 1.76. The van der Waals surface area contributed by atoms with Gasteiger partial charge in [-0.1, -0.05) is 0 Å². The number of nitrogens with zero attached hydrogens (tertiary/aromatic N) is 4. The van der Waals surface area contributed by atoms with Crippen molar-refractivity contribution < 1.29 is 0 Å². The van der Waals surface area contributed by atoms with Crippen molar-refractivity contribution in [2.45, 2.75) is 0 Å². The van der Waals surface area contributed by atoms with Crippen LogP contribution in [-0.4, -0.2) is 19.7 Å². The maximum atomic E-state index is 4.75. The van der Waals surface area contributed by atoms with Crippen LogP contribution in [0.1, 0.15) is 0 Å². The van der Waals surface area contributed by atoms with Crippen LogP contribution in [0, 0.1) is 0 Å². The van der Waals surface area contributed by atoms with Gasteiger partial charge in [-0.25, -0.2) is 4.98 Å². The van der Waals surface area contributed by atoms with Crippen LogP contribution in [-0.2, 0) is 7.05 Å². The Kier molecular flexibility index (Phi) is 3.08. The van der Waals surface area contributed by atoms with Crippen LogP contribution in [0.2, 0.25) is 0 Å². The van der Waals surface area contributed by atoms with Gasteiger partial charge in [0.2, 0.25) is 0 Å². The van der Waals surface area contributed by atoms with Crippen molar-refractivity contribution >= 4 is 33.1 Å². The molecule has 4 aromatic heterocycles. The molecular weight excluding hydrogens is 294 g/mol. The molecular formula is C16H13N5S. The van der Waals surface area contributed by atoms with Gasteiger partial charge in [0, 0.05) is 35.9 Å². The minimum Gasteiger partial charge on any atom is -0.339 e. The summed E-state index contributed by atoms with van der Waals surface area (Å²) in [5.41, 5.74) is 4.11. The van der Waals surface area contributed by atoms with E-state index in [4.69, 9.17) is 4.98 Å². The lowest BCUT2D eigenvalue weighted by Crippen LogP contribution is -1.93. The van der Waals surface area contributed by atoms with Gasteiger partial charge < -0.3 is 5.32 Å². The molecule has 0 aromatic carbocycles. The van der Waals surface area contributed by atoms with Crippen LogP contribution in [0.15, 0.2) is 54.4 Å². The van der Waals surface area contributed by atoms with Crippen molar-refractivity contribution in [2.75, 3.05) is 5.32 Å². The van der Waals surface area contributed by atoms with Crippen molar-refractivity contribution in [3.8, 4) is 11.1 Å². The van der Waals surface area contributed by atoms with Crippen molar-refractivity contribution in [1.29, 1.82) is 0 Å². The molecule has 0 atom stereocenters. The van der Waals surface area contributed by atoms with Crippen LogP contribution >= 0.6 is 11.3 Å². The summed E-state index contributed by atoms with van der Waals surface area (Å²) in [5, 5.41) is 9.65. The average Bonchev–Trinajstić information content (AvgIpc) is 3.14. The number of aryl methyl sites for hydroxylation is 1. The summed E-state index contributed by atoms with van der Waals surface area (Å²) < 4.78 is 2.96. The van der Waals surface area contributed by atoms with Gasteiger partial charge in [0.1, 0.15) is 5.82 Å². The summed E-state index contributed by atoms with van der Waals surface area (Å²) in [6.07, 6.45) is 7.40. The van der Waals surface area contributed by atoms with E-state index < -0.39 is 0 Å². The van der Waals surface area contributed by atoms with E-state index in [1.807, 2.05) is 37.6 Å². The molecule has 22 heavy (non-hydrogen) atoms. The number of pyridine rings is 2. The number of anilines is 2. The number of nitrogens with one attached hydrogen (secondary N) is 1. The molecule has 108 valence electrons. The first-order chi connectivity index (χ1) is 10.8. The number of thiophene rings is 1. The number of aromatic nitrogens is 4. The zero-order valence-corrected chi connectivity index (χ0v) is 12.7. The van der Waals surface area contributed by atoms with Gasteiger partial charge in [-0.3, -0.25) is 9.67 Å². The Morgan fingerprint density at radius 1 is 1.18 bits per heavy atom. The van der Waals surface area contributed by atoms with Crippen LogP contribution in [0.4, 0.5) is 11.5 Å². The second-order valence-corrected chi connectivity index (χ2v) is 5.87. The Bertz CT molecular complexity index is 926. The largest absolute Gasteiger partial charge is 0.339 e. The number of rotatable bonds is 3. The van der Waals surface area contributed by atoms with Crippen LogP contribution in [0.5, 0.6) is 0 Å². The molecule has 0 unspecified atom stereocenters. The van der Waals surface area contributed by atoms with Gasteiger partial charge >= 0.3 is 0 Å². The second kappa shape index (κ2) is 5.23. The summed E-state index contributed by atoms with van der Waals surface area (Å²) in [7, 11) is 1.92. The summed E-state index contributed by atoms with van der Waals surface area (Å²) in [4.78, 5) is 8.85. The summed E-state index contributed by atoms with van der Waals surface area (Å²) in [6, 6.07) is 7.94. The maximum absolute atomic E-state index is 4.75. The predicted octanol–water partition coefficient (Wildman–Crippen LogP) is 3.84. The Morgan fingerprint density at radius 3 is 2.91 bits per heavy atom. The zero-order valence-electron chi connectivity index (χ0n) is 11.9. The van der Waals surface area contributed by atoms with Crippen molar-refractivity contribution in [3.63, 3.8) is 0 Å². The van der Waals surface area contributed by atoms with Gasteiger partial charge in [0.05, 0.1) is 28.3 Å². The van der Waals surface area contributed by atoms with Gasteiger partial charge in [-0.2, -0.15) is 5.10 Å². The summed E-state index contributed by atoms with van der Waals surface area (Å²) in [5.74, 6) is 0.809. The molecule has 0 saturated heterocycles. The first-order valence-electron chi connectivity index (χ1n) is 6.84. The number of fused-ring (bicyclic) bond motifs is 1. The van der Waals surface area contributed by atoms with Crippen molar-refractivity contribution in [3.05, 3.63) is 54.4 Å². The molecule has 6 heteroatoms. The van der Waals surface area contributed by atoms with E-state index in [-0.39, 0.29) is 0 Å². The lowest BCUT2D eigenvalue weighted by atomic mass is 10.1. The van der Waals surface area contributed by atoms with Crippen molar-refractivity contribution in [2.24, 2.45) is 7.05 Å². The van der Waals surface area contributed by atoms with Gasteiger partial charge in [0.15, 0.2) is 0 Å². The first kappa shape index (κ1) is 13.0. The molecule has 0 radical (unpaired) electrons. The quantitative estimate of drug-likeness (QED) is 0.625. The fourth-order valence-electron chi connectivity index (χ4n) is 2.33. The molecule has 0 fully saturated rings. The fourth-order valence-corrected chi connectivity index (χ4v) is 3.24. The second-order valence-electron chi connectivity index (χ2n) is 4.96. The molecule has 0 aliphatic carbocycles. The van der Waals surface area contributed by atoms with Crippen molar-refractivity contribution in [1.82, 2.24) is 19.7 Å². The number of hydrogen-bond donors (Lipinski definition) is 1. The third-order valence-corrected chi connectivity index (χ3v) is 4.30. The van der Waals surface area contributed by atoms with Gasteiger partial charge in [-0.05, 0) is 24.3 Å². The highest BCUT2D eigenvalue weighted by Gasteiger charge is 2.10. The normalized spacial score (nSPS) is 11.0. The van der Waals surface area contributed by atoms with E-state index in [9.17, 15) is 0 Å². The van der Waals surface area contributed by atoms with E-state index in [2.05, 4.69) is 26.8 Å². The molecule has 1 N–H and O–H groups in total. The molecule has 4 aromatic rings. The lowest BCUT2D eigenvalue weighted by molar-refractivity contribution is 0.768. The minimum absolute atomic E-state index is 0.809. The third kappa shape index (κ3) is 2.33. The Morgan fingerprint density at radius 2 is 2.14 bits per heavy atom. The lowest BCUT2D eigenvalue weighted by Gasteiger charge is -2.05. The monoisotopic (exact) mass is 307 g/mol. The van der Waals surface area contributed by atoms with Crippen LogP contribution < -0.4 is 5.32 Å². The molecule has 5 nitrogen and oxygen atoms in total.